The van der Waals surface area contributed by atoms with E-state index in [1.54, 1.807) is 23.5 Å². The van der Waals surface area contributed by atoms with Crippen molar-refractivity contribution in [1.29, 1.82) is 0 Å². The van der Waals surface area contributed by atoms with E-state index in [1.165, 1.54) is 5.56 Å². The van der Waals surface area contributed by atoms with E-state index in [9.17, 15) is 4.79 Å². The first kappa shape index (κ1) is 13.5. The monoisotopic (exact) mass is 276 g/mol. The molecular weight excluding hydrogens is 260 g/mol. The van der Waals surface area contributed by atoms with E-state index in [1.807, 2.05) is 19.2 Å². The Labute approximate surface area is 116 Å². The first-order chi connectivity index (χ1) is 9.06. The molecule has 19 heavy (non-hydrogen) atoms. The Hall–Kier alpha value is -1.88. The van der Waals surface area contributed by atoms with Crippen molar-refractivity contribution in [3.8, 4) is 0 Å². The van der Waals surface area contributed by atoms with Gasteiger partial charge in [-0.05, 0) is 54.8 Å². The van der Waals surface area contributed by atoms with E-state index in [0.29, 0.717) is 5.82 Å². The van der Waals surface area contributed by atoms with Crippen molar-refractivity contribution in [3.63, 3.8) is 0 Å². The fraction of sp³-hybridized carbons (Fsp3) is 0.286. The number of aromatic nitrogens is 1. The normalized spacial score (nSPS) is 12.1. The number of anilines is 1. The lowest BCUT2D eigenvalue weighted by molar-refractivity contribution is 0.0697. The minimum atomic E-state index is -0.960. The lowest BCUT2D eigenvalue weighted by Gasteiger charge is -2.16. The van der Waals surface area contributed by atoms with E-state index in [-0.39, 0.29) is 11.6 Å². The molecule has 0 bridgehead atoms. The summed E-state index contributed by atoms with van der Waals surface area (Å²) in [6.45, 7) is 3.87. The van der Waals surface area contributed by atoms with Crippen LogP contribution < -0.4 is 5.32 Å². The van der Waals surface area contributed by atoms with Gasteiger partial charge in [0.25, 0.3) is 0 Å². The molecule has 4 nitrogen and oxygen atoms in total. The highest BCUT2D eigenvalue weighted by Crippen LogP contribution is 2.16. The van der Waals surface area contributed by atoms with Crippen LogP contribution in [0, 0.1) is 6.92 Å². The molecule has 0 aromatic carbocycles. The number of aryl methyl sites for hydroxylation is 1. The summed E-state index contributed by atoms with van der Waals surface area (Å²) in [5, 5.41) is 16.5. The summed E-state index contributed by atoms with van der Waals surface area (Å²) in [5.74, 6) is -0.520. The van der Waals surface area contributed by atoms with Crippen LogP contribution in [0.1, 0.15) is 28.5 Å². The lowest BCUT2D eigenvalue weighted by atomic mass is 10.1. The molecule has 100 valence electrons. The second-order valence-electron chi connectivity index (χ2n) is 4.54. The van der Waals surface area contributed by atoms with Gasteiger partial charge < -0.3 is 10.4 Å². The zero-order chi connectivity index (χ0) is 13.8. The summed E-state index contributed by atoms with van der Waals surface area (Å²) in [6, 6.07) is 5.50. The Morgan fingerprint density at radius 2 is 2.26 bits per heavy atom. The number of nitrogens with zero attached hydrogens (tertiary/aromatic N) is 1. The van der Waals surface area contributed by atoms with Gasteiger partial charge in [-0.2, -0.15) is 11.3 Å². The zero-order valence-corrected chi connectivity index (χ0v) is 11.7. The summed E-state index contributed by atoms with van der Waals surface area (Å²) in [6.07, 6.45) is 0.845. The number of carbonyl (C=O) groups is 1. The van der Waals surface area contributed by atoms with Gasteiger partial charge in [0.1, 0.15) is 11.4 Å². The van der Waals surface area contributed by atoms with Gasteiger partial charge in [0.05, 0.1) is 0 Å². The van der Waals surface area contributed by atoms with Gasteiger partial charge in [-0.15, -0.1) is 0 Å². The van der Waals surface area contributed by atoms with E-state index in [0.717, 1.165) is 12.1 Å². The maximum Gasteiger partial charge on any atom is 0.339 e. The number of hydrogen-bond acceptors (Lipinski definition) is 4. The van der Waals surface area contributed by atoms with Crippen LogP contribution in [0.25, 0.3) is 0 Å². The third-order valence-electron chi connectivity index (χ3n) is 2.77. The first-order valence-corrected chi connectivity index (χ1v) is 6.99. The smallest absolute Gasteiger partial charge is 0.339 e. The maximum absolute atomic E-state index is 11.2. The van der Waals surface area contributed by atoms with Crippen LogP contribution in [0.15, 0.2) is 29.0 Å². The number of rotatable bonds is 5. The zero-order valence-electron chi connectivity index (χ0n) is 10.9. The largest absolute Gasteiger partial charge is 0.478 e. The summed E-state index contributed by atoms with van der Waals surface area (Å²) in [4.78, 5) is 15.4. The standard InChI is InChI=1S/C14H16N2O2S/c1-9-3-4-12(14(17)18)13(15-9)16-10(2)7-11-5-6-19-8-11/h3-6,8,10H,7H2,1-2H3,(H,15,16)(H,17,18). The van der Waals surface area contributed by atoms with Gasteiger partial charge in [-0.25, -0.2) is 9.78 Å². The van der Waals surface area contributed by atoms with Gasteiger partial charge >= 0.3 is 5.97 Å². The molecule has 2 N–H and O–H groups in total. The molecule has 0 radical (unpaired) electrons. The Bertz CT molecular complexity index is 567. The van der Waals surface area contributed by atoms with Crippen LogP contribution in [-0.4, -0.2) is 22.1 Å². The molecule has 0 aliphatic heterocycles. The molecule has 0 saturated carbocycles. The second-order valence-corrected chi connectivity index (χ2v) is 5.32. The molecule has 5 heteroatoms. The molecule has 2 heterocycles. The Morgan fingerprint density at radius 3 is 2.89 bits per heavy atom. The molecule has 0 amide bonds. The van der Waals surface area contributed by atoms with Crippen molar-refractivity contribution in [2.24, 2.45) is 0 Å². The predicted molar refractivity (Wildman–Crippen MR) is 77.0 cm³/mol. The third kappa shape index (κ3) is 3.54. The van der Waals surface area contributed by atoms with E-state index < -0.39 is 5.97 Å². The minimum absolute atomic E-state index is 0.127. The Morgan fingerprint density at radius 1 is 1.47 bits per heavy atom. The van der Waals surface area contributed by atoms with Gasteiger partial charge in [-0.1, -0.05) is 0 Å². The minimum Gasteiger partial charge on any atom is -0.478 e. The molecule has 2 aromatic heterocycles. The molecule has 2 rings (SSSR count). The van der Waals surface area contributed by atoms with Crippen molar-refractivity contribution < 1.29 is 9.90 Å². The van der Waals surface area contributed by atoms with Crippen LogP contribution in [0.4, 0.5) is 5.82 Å². The van der Waals surface area contributed by atoms with Crippen molar-refractivity contribution in [2.75, 3.05) is 5.32 Å². The average Bonchev–Trinajstić information content (AvgIpc) is 2.81. The summed E-state index contributed by atoms with van der Waals surface area (Å²) >= 11 is 1.66. The molecule has 0 saturated heterocycles. The molecule has 0 fully saturated rings. The van der Waals surface area contributed by atoms with Crippen LogP contribution in [0.5, 0.6) is 0 Å². The van der Waals surface area contributed by atoms with Crippen molar-refractivity contribution in [3.05, 3.63) is 45.8 Å². The highest BCUT2D eigenvalue weighted by atomic mass is 32.1. The van der Waals surface area contributed by atoms with E-state index >= 15 is 0 Å². The van der Waals surface area contributed by atoms with Gasteiger partial charge in [0.15, 0.2) is 0 Å². The summed E-state index contributed by atoms with van der Waals surface area (Å²) in [5.41, 5.74) is 2.26. The number of pyridine rings is 1. The number of nitrogens with one attached hydrogen (secondary N) is 1. The molecule has 2 aromatic rings. The van der Waals surface area contributed by atoms with Crippen LogP contribution in [0.3, 0.4) is 0 Å². The topological polar surface area (TPSA) is 62.2 Å². The summed E-state index contributed by atoms with van der Waals surface area (Å²) in [7, 11) is 0. The summed E-state index contributed by atoms with van der Waals surface area (Å²) < 4.78 is 0. The highest BCUT2D eigenvalue weighted by Gasteiger charge is 2.14. The molecule has 0 spiro atoms. The second kappa shape index (κ2) is 5.84. The number of thiophene rings is 1. The molecule has 0 aliphatic rings. The number of carboxylic acid groups (broad SMARTS) is 1. The van der Waals surface area contributed by atoms with E-state index in [4.69, 9.17) is 5.11 Å². The van der Waals surface area contributed by atoms with Gasteiger partial charge in [-0.3, -0.25) is 0 Å². The SMILES string of the molecule is Cc1ccc(C(=O)O)c(NC(C)Cc2ccsc2)n1. The quantitative estimate of drug-likeness (QED) is 0.880. The maximum atomic E-state index is 11.2. The van der Waals surface area contributed by atoms with E-state index in [2.05, 4.69) is 21.7 Å². The number of aromatic carboxylic acids is 1. The van der Waals surface area contributed by atoms with Crippen molar-refractivity contribution in [1.82, 2.24) is 4.98 Å². The molecular formula is C14H16N2O2S. The van der Waals surface area contributed by atoms with Crippen LogP contribution in [0.2, 0.25) is 0 Å². The average molecular weight is 276 g/mol. The first-order valence-electron chi connectivity index (χ1n) is 6.05. The van der Waals surface area contributed by atoms with Crippen molar-refractivity contribution >= 4 is 23.1 Å². The van der Waals surface area contributed by atoms with Gasteiger partial charge in [0.2, 0.25) is 0 Å². The fourth-order valence-electron chi connectivity index (χ4n) is 1.89. The third-order valence-corrected chi connectivity index (χ3v) is 3.50. The van der Waals surface area contributed by atoms with Gasteiger partial charge in [0, 0.05) is 11.7 Å². The predicted octanol–water partition coefficient (Wildman–Crippen LogP) is 3.19. The Kier molecular flexibility index (Phi) is 4.16. The van der Waals surface area contributed by atoms with Crippen LogP contribution >= 0.6 is 11.3 Å². The highest BCUT2D eigenvalue weighted by molar-refractivity contribution is 7.07. The number of hydrogen-bond donors (Lipinski definition) is 2. The molecule has 1 unspecified atom stereocenters. The molecule has 1 atom stereocenters. The van der Waals surface area contributed by atoms with Crippen LogP contribution in [-0.2, 0) is 6.42 Å². The number of carboxylic acids is 1. The molecule has 0 aliphatic carbocycles. The lowest BCUT2D eigenvalue weighted by Crippen LogP contribution is -2.21. The van der Waals surface area contributed by atoms with Crippen molar-refractivity contribution in [2.45, 2.75) is 26.3 Å². The fourth-order valence-corrected chi connectivity index (χ4v) is 2.57. The Balaban J connectivity index is 2.13.